The Hall–Kier alpha value is 0.234. The highest BCUT2D eigenvalue weighted by Gasteiger charge is 2.43. The Morgan fingerprint density at radius 2 is 1.33 bits per heavy atom. The van der Waals surface area contributed by atoms with Crippen molar-refractivity contribution in [3.05, 3.63) is 0 Å². The molecule has 1 saturated heterocycles. The molecule has 126 valence electrons. The van der Waals surface area contributed by atoms with E-state index in [-0.39, 0.29) is 0 Å². The van der Waals surface area contributed by atoms with Crippen molar-refractivity contribution in [2.75, 3.05) is 46.1 Å². The minimum absolute atomic E-state index is 0.658. The predicted molar refractivity (Wildman–Crippen MR) is 90.1 cm³/mol. The average Bonchev–Trinajstić information content (AvgIpc) is 2.47. The summed E-state index contributed by atoms with van der Waals surface area (Å²) in [6, 6.07) is 2.08. The zero-order valence-corrected chi connectivity index (χ0v) is 16.4. The maximum absolute atomic E-state index is 5.97. The Balaban J connectivity index is 2.64. The van der Waals surface area contributed by atoms with E-state index < -0.39 is 17.0 Å². The monoisotopic (exact) mass is 335 g/mol. The molecular weight excluding hydrogens is 302 g/mol. The lowest BCUT2D eigenvalue weighted by molar-refractivity contribution is 0.0668. The van der Waals surface area contributed by atoms with Crippen LogP contribution in [-0.2, 0) is 18.0 Å². The molecule has 0 aromatic heterocycles. The first-order valence-electron chi connectivity index (χ1n) is 8.24. The van der Waals surface area contributed by atoms with Gasteiger partial charge in [-0.25, -0.2) is 0 Å². The molecule has 0 spiro atoms. The predicted octanol–water partition coefficient (Wildman–Crippen LogP) is 2.57. The Bertz CT molecular complexity index is 269. The van der Waals surface area contributed by atoms with Gasteiger partial charge in [0, 0.05) is 39.0 Å². The number of morpholine rings is 1. The van der Waals surface area contributed by atoms with Gasteiger partial charge in [0.25, 0.3) is 0 Å². The Labute approximate surface area is 132 Å². The van der Waals surface area contributed by atoms with Gasteiger partial charge in [0.05, 0.1) is 13.2 Å². The molecule has 0 radical (unpaired) electrons. The average molecular weight is 336 g/mol. The fraction of sp³-hybridized carbons (Fsp3) is 1.00. The van der Waals surface area contributed by atoms with Crippen LogP contribution < -0.4 is 0 Å². The van der Waals surface area contributed by atoms with Gasteiger partial charge in [-0.3, -0.25) is 0 Å². The first-order valence-corrected chi connectivity index (χ1v) is 13.3. The molecule has 1 aliphatic heterocycles. The van der Waals surface area contributed by atoms with Gasteiger partial charge in [0.2, 0.25) is 0 Å². The third-order valence-corrected chi connectivity index (χ3v) is 11.2. The van der Waals surface area contributed by atoms with Crippen LogP contribution in [0.5, 0.6) is 0 Å². The maximum Gasteiger partial charge on any atom is 0.500 e. The largest absolute Gasteiger partial charge is 0.500 e. The molecule has 1 fully saturated rings. The van der Waals surface area contributed by atoms with Gasteiger partial charge in [0.15, 0.2) is 0 Å². The summed E-state index contributed by atoms with van der Waals surface area (Å²) < 4.78 is 26.0. The van der Waals surface area contributed by atoms with E-state index in [1.165, 1.54) is 0 Å². The van der Waals surface area contributed by atoms with Crippen LogP contribution in [0.1, 0.15) is 20.8 Å². The Morgan fingerprint density at radius 1 is 0.857 bits per heavy atom. The molecule has 0 unspecified atom stereocenters. The quantitative estimate of drug-likeness (QED) is 0.574. The number of ether oxygens (including phenoxy) is 1. The van der Waals surface area contributed by atoms with E-state index in [1.807, 2.05) is 20.8 Å². The van der Waals surface area contributed by atoms with Gasteiger partial charge in [-0.15, -0.1) is 0 Å². The van der Waals surface area contributed by atoms with E-state index in [0.717, 1.165) is 38.4 Å². The Morgan fingerprint density at radius 3 is 1.76 bits per heavy atom. The molecule has 0 aromatic rings. The number of nitrogens with zero attached hydrogens (tertiary/aromatic N) is 1. The van der Waals surface area contributed by atoms with Gasteiger partial charge in [-0.05, 0) is 26.8 Å². The highest BCUT2D eigenvalue weighted by Crippen LogP contribution is 2.26. The smallest absolute Gasteiger partial charge is 0.379 e. The van der Waals surface area contributed by atoms with E-state index in [9.17, 15) is 0 Å². The lowest BCUT2D eigenvalue weighted by Gasteiger charge is -2.40. The van der Waals surface area contributed by atoms with E-state index in [0.29, 0.717) is 19.8 Å². The summed E-state index contributed by atoms with van der Waals surface area (Å²) >= 11 is 0. The summed E-state index contributed by atoms with van der Waals surface area (Å²) in [4.78, 5) is 0. The molecular formula is C14H33NO4Si2. The summed E-state index contributed by atoms with van der Waals surface area (Å²) in [5.74, 6) is 0. The molecule has 1 heterocycles. The lowest BCUT2D eigenvalue weighted by Crippen LogP contribution is -2.55. The topological polar surface area (TPSA) is 40.2 Å². The van der Waals surface area contributed by atoms with E-state index >= 15 is 0 Å². The zero-order chi connectivity index (χ0) is 15.8. The second-order valence-electron chi connectivity index (χ2n) is 5.89. The van der Waals surface area contributed by atoms with Gasteiger partial charge in [-0.2, -0.15) is 0 Å². The van der Waals surface area contributed by atoms with Crippen LogP contribution >= 0.6 is 0 Å². The number of hydrogen-bond donors (Lipinski definition) is 0. The highest BCUT2D eigenvalue weighted by atomic mass is 28.4. The maximum atomic E-state index is 5.97. The van der Waals surface area contributed by atoms with Gasteiger partial charge >= 0.3 is 8.80 Å². The van der Waals surface area contributed by atoms with Crippen LogP contribution in [-0.4, -0.2) is 67.7 Å². The van der Waals surface area contributed by atoms with Gasteiger partial charge in [-0.1, -0.05) is 13.1 Å². The molecule has 1 aliphatic rings. The van der Waals surface area contributed by atoms with Crippen molar-refractivity contribution < 1.29 is 18.0 Å². The van der Waals surface area contributed by atoms with Crippen LogP contribution in [0.3, 0.4) is 0 Å². The fourth-order valence-corrected chi connectivity index (χ4v) is 10.2. The summed E-state index contributed by atoms with van der Waals surface area (Å²) in [5.41, 5.74) is 0. The SMILES string of the molecule is CCO[Si](CC[Si](C)(C)N1CCOCC1)(OCC)OCC. The highest BCUT2D eigenvalue weighted by molar-refractivity contribution is 6.76. The molecule has 0 saturated carbocycles. The zero-order valence-electron chi connectivity index (χ0n) is 14.4. The van der Waals surface area contributed by atoms with Crippen molar-refractivity contribution in [3.8, 4) is 0 Å². The summed E-state index contributed by atoms with van der Waals surface area (Å²) in [7, 11) is -3.94. The van der Waals surface area contributed by atoms with Crippen LogP contribution in [0, 0.1) is 0 Å². The van der Waals surface area contributed by atoms with Crippen LogP contribution in [0.2, 0.25) is 25.2 Å². The molecule has 0 aromatic carbocycles. The third kappa shape index (κ3) is 6.09. The standard InChI is InChI=1S/C14H33NO4Si2/c1-6-17-21(18-7-2,19-8-3)14-13-20(4,5)15-9-11-16-12-10-15/h6-14H2,1-5H3. The first kappa shape index (κ1) is 19.3. The molecule has 1 rings (SSSR count). The van der Waals surface area contributed by atoms with Crippen LogP contribution in [0.4, 0.5) is 0 Å². The molecule has 0 bridgehead atoms. The lowest BCUT2D eigenvalue weighted by atomic mass is 10.5. The molecule has 0 amide bonds. The van der Waals surface area contributed by atoms with Crippen LogP contribution in [0.25, 0.3) is 0 Å². The Kier molecular flexibility index (Phi) is 8.62. The van der Waals surface area contributed by atoms with E-state index in [4.69, 9.17) is 18.0 Å². The van der Waals surface area contributed by atoms with Crippen molar-refractivity contribution in [3.63, 3.8) is 0 Å². The van der Waals surface area contributed by atoms with Gasteiger partial charge < -0.3 is 22.6 Å². The minimum atomic E-state index is -2.49. The molecule has 0 N–H and O–H groups in total. The van der Waals surface area contributed by atoms with Crippen molar-refractivity contribution in [1.82, 2.24) is 4.57 Å². The molecule has 0 atom stereocenters. The second-order valence-corrected chi connectivity index (χ2v) is 13.4. The summed E-state index contributed by atoms with van der Waals surface area (Å²) in [6.07, 6.45) is 0. The number of rotatable bonds is 10. The number of hydrogen-bond acceptors (Lipinski definition) is 5. The second kappa shape index (κ2) is 9.39. The van der Waals surface area contributed by atoms with Crippen molar-refractivity contribution >= 4 is 17.0 Å². The summed E-state index contributed by atoms with van der Waals surface area (Å²) in [6.45, 7) is 16.7. The molecule has 7 heteroatoms. The normalized spacial score (nSPS) is 18.1. The summed E-state index contributed by atoms with van der Waals surface area (Å²) in [5, 5.41) is 0. The van der Waals surface area contributed by atoms with E-state index in [1.54, 1.807) is 0 Å². The van der Waals surface area contributed by atoms with Crippen molar-refractivity contribution in [2.24, 2.45) is 0 Å². The van der Waals surface area contributed by atoms with Crippen molar-refractivity contribution in [1.29, 1.82) is 0 Å². The minimum Gasteiger partial charge on any atom is -0.379 e. The molecule has 5 nitrogen and oxygen atoms in total. The fourth-order valence-electron chi connectivity index (χ4n) is 2.79. The van der Waals surface area contributed by atoms with E-state index in [2.05, 4.69) is 17.7 Å². The van der Waals surface area contributed by atoms with Gasteiger partial charge in [0.1, 0.15) is 8.24 Å². The van der Waals surface area contributed by atoms with Crippen LogP contribution in [0.15, 0.2) is 0 Å². The molecule has 0 aliphatic carbocycles. The first-order chi connectivity index (χ1) is 9.99. The molecule has 21 heavy (non-hydrogen) atoms. The van der Waals surface area contributed by atoms with Crippen molar-refractivity contribution in [2.45, 2.75) is 46.0 Å². The third-order valence-electron chi connectivity index (χ3n) is 4.00.